The number of hydrogen-bond acceptors (Lipinski definition) is 2. The van der Waals surface area contributed by atoms with E-state index in [0.717, 1.165) is 0 Å². The molecular weight excluding hydrogens is 231 g/mol. The van der Waals surface area contributed by atoms with Crippen molar-refractivity contribution in [3.8, 4) is 0 Å². The summed E-state index contributed by atoms with van der Waals surface area (Å²) in [6, 6.07) is 0. The maximum atomic E-state index is 8.46. The molecule has 18 valence electrons. The molecule has 0 aromatic rings. The van der Waals surface area contributed by atoms with Gasteiger partial charge in [-0.25, -0.2) is 0 Å². The molecule has 5 heavy (non-hydrogen) atoms. The topological polar surface area (TPSA) is 40.1 Å². The second kappa shape index (κ2) is 15.7. The van der Waals surface area contributed by atoms with Gasteiger partial charge >= 0.3 is 144 Å². The summed E-state index contributed by atoms with van der Waals surface area (Å²) in [5.41, 5.74) is 0. The van der Waals surface area contributed by atoms with Gasteiger partial charge in [0.05, 0.1) is 0 Å². The van der Waals surface area contributed by atoms with E-state index in [4.69, 9.17) is 7.96 Å². The fourth-order valence-corrected chi connectivity index (χ4v) is 0. The SMILES string of the molecule is [Cs+].[H-].[K+].[O]=[Al][O-]. The normalized spacial score (nSPS) is 1.60. The second-order valence-electron chi connectivity index (χ2n) is 0.0962. The summed E-state index contributed by atoms with van der Waals surface area (Å²) in [5, 5.41) is 0. The Morgan fingerprint density at radius 1 is 1.80 bits per heavy atom. The van der Waals surface area contributed by atoms with Gasteiger partial charge in [-0.1, -0.05) is 0 Å². The van der Waals surface area contributed by atoms with Crippen LogP contribution in [-0.4, -0.2) is 15.5 Å². The van der Waals surface area contributed by atoms with Crippen LogP contribution >= 0.6 is 0 Å². The van der Waals surface area contributed by atoms with Gasteiger partial charge in [-0.2, -0.15) is 0 Å². The molecule has 0 amide bonds. The van der Waals surface area contributed by atoms with Crippen molar-refractivity contribution in [1.29, 1.82) is 0 Å². The van der Waals surface area contributed by atoms with Gasteiger partial charge in [0.15, 0.2) is 0 Å². The Labute approximate surface area is 140 Å². The van der Waals surface area contributed by atoms with Crippen LogP contribution in [0.4, 0.5) is 0 Å². The molecule has 0 aliphatic rings. The molecule has 0 heterocycles. The van der Waals surface area contributed by atoms with Crippen LogP contribution in [0.25, 0.3) is 0 Å². The third-order valence-corrected chi connectivity index (χ3v) is 0. The molecular formula is HAlCsKO2. The van der Waals surface area contributed by atoms with Crippen molar-refractivity contribution in [3.05, 3.63) is 0 Å². The summed E-state index contributed by atoms with van der Waals surface area (Å²) >= 11 is -1.75. The monoisotopic (exact) mass is 232 g/mol. The maximum absolute atomic E-state index is 8.46. The fraction of sp³-hybridized carbons (Fsp3) is 0. The van der Waals surface area contributed by atoms with Gasteiger partial charge in [-0.3, -0.25) is 0 Å². The predicted octanol–water partition coefficient (Wildman–Crippen LogP) is -7.57. The molecule has 0 radical (unpaired) electrons. The van der Waals surface area contributed by atoms with E-state index in [-0.39, 0.29) is 122 Å². The summed E-state index contributed by atoms with van der Waals surface area (Å²) in [6.07, 6.45) is 0. The first-order valence-corrected chi connectivity index (χ1v) is 1.41. The van der Waals surface area contributed by atoms with E-state index in [2.05, 4.69) is 0 Å². The quantitative estimate of drug-likeness (QED) is 0.389. The zero-order valence-corrected chi connectivity index (χ0v) is 14.0. The van der Waals surface area contributed by atoms with Gasteiger partial charge in [0.1, 0.15) is 0 Å². The minimum atomic E-state index is -1.75. The summed E-state index contributed by atoms with van der Waals surface area (Å²) < 4.78 is 16.9. The molecule has 0 bridgehead atoms. The van der Waals surface area contributed by atoms with E-state index in [1.807, 2.05) is 0 Å². The van der Waals surface area contributed by atoms with Gasteiger partial charge in [-0.15, -0.1) is 0 Å². The van der Waals surface area contributed by atoms with Crippen LogP contribution in [0.2, 0.25) is 0 Å². The van der Waals surface area contributed by atoms with Crippen LogP contribution in [0.3, 0.4) is 0 Å². The Morgan fingerprint density at radius 3 is 1.80 bits per heavy atom. The molecule has 0 N–H and O–H groups in total. The average molecular weight is 232 g/mol. The van der Waals surface area contributed by atoms with E-state index in [9.17, 15) is 0 Å². The van der Waals surface area contributed by atoms with Crippen LogP contribution in [0.1, 0.15) is 1.43 Å². The molecule has 0 atom stereocenters. The van der Waals surface area contributed by atoms with Crippen LogP contribution in [-0.2, 0) is 3.80 Å². The van der Waals surface area contributed by atoms with Crippen LogP contribution in [0.15, 0.2) is 0 Å². The molecule has 0 saturated heterocycles. The molecule has 0 aromatic heterocycles. The van der Waals surface area contributed by atoms with Gasteiger partial charge in [-0.05, 0) is 0 Å². The minimum absolute atomic E-state index is 0. The van der Waals surface area contributed by atoms with Crippen molar-refractivity contribution < 1.29 is 130 Å². The Morgan fingerprint density at radius 2 is 1.80 bits per heavy atom. The first-order chi connectivity index (χ1) is 1.41. The summed E-state index contributed by atoms with van der Waals surface area (Å²) in [5.74, 6) is 0. The molecule has 0 saturated carbocycles. The van der Waals surface area contributed by atoms with Gasteiger partial charge in [0, 0.05) is 0 Å². The van der Waals surface area contributed by atoms with Crippen LogP contribution < -0.4 is 124 Å². The summed E-state index contributed by atoms with van der Waals surface area (Å²) in [4.78, 5) is 0. The third-order valence-electron chi connectivity index (χ3n) is 0. The van der Waals surface area contributed by atoms with E-state index in [1.165, 1.54) is 0 Å². The standard InChI is InChI=1S/Al.Cs.K.2O.H/q;2*+1;;2*-1. The van der Waals surface area contributed by atoms with E-state index < -0.39 is 15.5 Å². The van der Waals surface area contributed by atoms with Gasteiger partial charge < -0.3 is 1.43 Å². The zero-order valence-electron chi connectivity index (χ0n) is 4.39. The van der Waals surface area contributed by atoms with Crippen molar-refractivity contribution in [2.45, 2.75) is 0 Å². The third kappa shape index (κ3) is 18.2. The molecule has 0 aromatic carbocycles. The van der Waals surface area contributed by atoms with E-state index >= 15 is 0 Å². The van der Waals surface area contributed by atoms with E-state index in [1.54, 1.807) is 0 Å². The van der Waals surface area contributed by atoms with Crippen molar-refractivity contribution in [2.24, 2.45) is 0 Å². The van der Waals surface area contributed by atoms with Crippen molar-refractivity contribution in [1.82, 2.24) is 0 Å². The molecule has 0 unspecified atom stereocenters. The van der Waals surface area contributed by atoms with Crippen molar-refractivity contribution in [3.63, 3.8) is 0 Å². The zero-order chi connectivity index (χ0) is 2.71. The molecule has 0 fully saturated rings. The van der Waals surface area contributed by atoms with Gasteiger partial charge in [0.25, 0.3) is 0 Å². The predicted molar refractivity (Wildman–Crippen MR) is 7.55 cm³/mol. The summed E-state index contributed by atoms with van der Waals surface area (Å²) in [7, 11) is 0. The molecule has 0 rings (SSSR count). The number of rotatable bonds is 0. The van der Waals surface area contributed by atoms with Gasteiger partial charge in [0.2, 0.25) is 0 Å². The number of hydrogen-bond donors (Lipinski definition) is 0. The van der Waals surface area contributed by atoms with Crippen molar-refractivity contribution in [2.75, 3.05) is 0 Å². The molecule has 5 heteroatoms. The average Bonchev–Trinajstić information content (AvgIpc) is 0.918. The first-order valence-electron chi connectivity index (χ1n) is 0.471. The Hall–Kier alpha value is 3.82. The van der Waals surface area contributed by atoms with E-state index in [0.29, 0.717) is 0 Å². The van der Waals surface area contributed by atoms with Crippen LogP contribution in [0, 0.1) is 0 Å². The second-order valence-corrected chi connectivity index (χ2v) is 0.289. The van der Waals surface area contributed by atoms with Crippen molar-refractivity contribution >= 4 is 15.5 Å². The molecule has 0 aliphatic carbocycles. The van der Waals surface area contributed by atoms with Crippen LogP contribution in [0.5, 0.6) is 0 Å². The Bertz CT molecular complexity index is 21.0. The molecule has 0 aliphatic heterocycles. The first kappa shape index (κ1) is 15.9. The molecule has 0 spiro atoms. The fourth-order valence-electron chi connectivity index (χ4n) is 0. The Balaban J connectivity index is -0.00000000667. The Kier molecular flexibility index (Phi) is 49.9. The molecule has 2 nitrogen and oxygen atoms in total. The summed E-state index contributed by atoms with van der Waals surface area (Å²) in [6.45, 7) is 0.